The molecule has 2 aromatic heterocycles. The van der Waals surface area contributed by atoms with Gasteiger partial charge in [0.25, 0.3) is 0 Å². The van der Waals surface area contributed by atoms with Crippen molar-refractivity contribution >= 4 is 17.2 Å². The van der Waals surface area contributed by atoms with Gasteiger partial charge >= 0.3 is 0 Å². The van der Waals surface area contributed by atoms with E-state index in [1.54, 1.807) is 18.4 Å². The van der Waals surface area contributed by atoms with E-state index >= 15 is 0 Å². The van der Waals surface area contributed by atoms with E-state index < -0.39 is 0 Å². The molecule has 0 radical (unpaired) electrons. The summed E-state index contributed by atoms with van der Waals surface area (Å²) in [7, 11) is 1.63. The van der Waals surface area contributed by atoms with Crippen LogP contribution >= 0.6 is 11.3 Å². The molecule has 0 fully saturated rings. The second-order valence-electron chi connectivity index (χ2n) is 2.87. The molecule has 0 aromatic carbocycles. The van der Waals surface area contributed by atoms with E-state index in [0.29, 0.717) is 5.82 Å². The van der Waals surface area contributed by atoms with E-state index in [2.05, 4.69) is 5.16 Å². The molecule has 0 aliphatic rings. The maximum Gasteiger partial charge on any atom is 0.182 e. The van der Waals surface area contributed by atoms with Crippen molar-refractivity contribution in [1.29, 1.82) is 0 Å². The number of ether oxygens (including phenoxy) is 1. The van der Waals surface area contributed by atoms with E-state index in [-0.39, 0.29) is 0 Å². The number of aromatic nitrogens is 1. The molecule has 4 nitrogen and oxygen atoms in total. The van der Waals surface area contributed by atoms with Gasteiger partial charge in [-0.05, 0) is 6.92 Å². The van der Waals surface area contributed by atoms with Crippen molar-refractivity contribution in [3.05, 3.63) is 17.0 Å². The molecule has 0 spiro atoms. The fourth-order valence-electron chi connectivity index (χ4n) is 1.12. The standard InChI is InChI=1S/C9H10N2O2S/c1-5-8(13-11-9(5)10)7-3-6(12-2)4-14-7/h3-4H,1-2H3,(H2,10,11). The van der Waals surface area contributed by atoms with Crippen molar-refractivity contribution in [2.24, 2.45) is 0 Å². The van der Waals surface area contributed by atoms with Gasteiger partial charge in [-0.3, -0.25) is 0 Å². The number of nitrogen functional groups attached to an aromatic ring is 1. The molecule has 0 atom stereocenters. The maximum absolute atomic E-state index is 5.59. The summed E-state index contributed by atoms with van der Waals surface area (Å²) in [4.78, 5) is 0.976. The van der Waals surface area contributed by atoms with Crippen LogP contribution in [-0.4, -0.2) is 12.3 Å². The van der Waals surface area contributed by atoms with Gasteiger partial charge in [-0.25, -0.2) is 0 Å². The highest BCUT2D eigenvalue weighted by Gasteiger charge is 2.13. The number of rotatable bonds is 2. The second kappa shape index (κ2) is 3.34. The fraction of sp³-hybridized carbons (Fsp3) is 0.222. The number of nitrogens with zero attached hydrogens (tertiary/aromatic N) is 1. The Morgan fingerprint density at radius 3 is 2.86 bits per heavy atom. The highest BCUT2D eigenvalue weighted by atomic mass is 32.1. The van der Waals surface area contributed by atoms with Crippen LogP contribution in [0.4, 0.5) is 5.82 Å². The average molecular weight is 210 g/mol. The zero-order valence-corrected chi connectivity index (χ0v) is 8.72. The highest BCUT2D eigenvalue weighted by molar-refractivity contribution is 7.13. The Morgan fingerprint density at radius 1 is 1.57 bits per heavy atom. The molecule has 0 bridgehead atoms. The quantitative estimate of drug-likeness (QED) is 0.826. The summed E-state index contributed by atoms with van der Waals surface area (Å²) in [6.07, 6.45) is 0. The third kappa shape index (κ3) is 1.35. The molecule has 2 heterocycles. The second-order valence-corrected chi connectivity index (χ2v) is 3.78. The molecular weight excluding hydrogens is 200 g/mol. The van der Waals surface area contributed by atoms with Crippen LogP contribution in [0, 0.1) is 6.92 Å². The van der Waals surface area contributed by atoms with Crippen molar-refractivity contribution in [2.75, 3.05) is 12.8 Å². The molecular formula is C9H10N2O2S. The molecule has 74 valence electrons. The Hall–Kier alpha value is -1.49. The minimum absolute atomic E-state index is 0.437. The van der Waals surface area contributed by atoms with Gasteiger partial charge in [-0.2, -0.15) is 0 Å². The zero-order valence-electron chi connectivity index (χ0n) is 7.90. The molecule has 5 heteroatoms. The van der Waals surface area contributed by atoms with Gasteiger partial charge in [0.15, 0.2) is 11.6 Å². The van der Waals surface area contributed by atoms with Crippen LogP contribution in [0.3, 0.4) is 0 Å². The van der Waals surface area contributed by atoms with Crippen molar-refractivity contribution in [3.63, 3.8) is 0 Å². The normalized spacial score (nSPS) is 10.4. The topological polar surface area (TPSA) is 61.3 Å². The van der Waals surface area contributed by atoms with Crippen LogP contribution in [0.2, 0.25) is 0 Å². The van der Waals surface area contributed by atoms with Gasteiger partial charge in [0.2, 0.25) is 0 Å². The number of methoxy groups -OCH3 is 1. The third-order valence-corrected chi connectivity index (χ3v) is 2.90. The summed E-state index contributed by atoms with van der Waals surface area (Å²) in [5.41, 5.74) is 6.46. The summed E-state index contributed by atoms with van der Waals surface area (Å²) in [5, 5.41) is 5.61. The fourth-order valence-corrected chi connectivity index (χ4v) is 2.01. The van der Waals surface area contributed by atoms with E-state index in [1.807, 2.05) is 18.4 Å². The first-order valence-corrected chi connectivity index (χ1v) is 4.95. The zero-order chi connectivity index (χ0) is 10.1. The van der Waals surface area contributed by atoms with Crippen molar-refractivity contribution < 1.29 is 9.26 Å². The number of hydrogen-bond acceptors (Lipinski definition) is 5. The van der Waals surface area contributed by atoms with Crippen LogP contribution in [-0.2, 0) is 0 Å². The molecule has 14 heavy (non-hydrogen) atoms. The Morgan fingerprint density at radius 2 is 2.36 bits per heavy atom. The van der Waals surface area contributed by atoms with Crippen LogP contribution in [0.25, 0.3) is 10.6 Å². The summed E-state index contributed by atoms with van der Waals surface area (Å²) in [6, 6.07) is 1.90. The Kier molecular flexibility index (Phi) is 2.17. The smallest absolute Gasteiger partial charge is 0.182 e. The van der Waals surface area contributed by atoms with Crippen LogP contribution < -0.4 is 10.5 Å². The van der Waals surface area contributed by atoms with E-state index in [1.165, 1.54) is 0 Å². The minimum Gasteiger partial charge on any atom is -0.496 e. The van der Waals surface area contributed by atoms with Gasteiger partial charge in [-0.15, -0.1) is 11.3 Å². The Labute approximate surface area is 85.3 Å². The largest absolute Gasteiger partial charge is 0.496 e. The van der Waals surface area contributed by atoms with Gasteiger partial charge in [0, 0.05) is 17.0 Å². The molecule has 0 saturated carbocycles. The molecule has 2 rings (SSSR count). The SMILES string of the molecule is COc1csc(-c2onc(N)c2C)c1. The maximum atomic E-state index is 5.59. The number of anilines is 1. The Balaban J connectivity index is 2.44. The lowest BCUT2D eigenvalue weighted by atomic mass is 10.2. The predicted molar refractivity (Wildman–Crippen MR) is 55.5 cm³/mol. The lowest BCUT2D eigenvalue weighted by Gasteiger charge is -1.91. The molecule has 0 unspecified atom stereocenters. The van der Waals surface area contributed by atoms with E-state index in [0.717, 1.165) is 22.0 Å². The molecule has 0 aliphatic carbocycles. The summed E-state index contributed by atoms with van der Waals surface area (Å²) in [5.74, 6) is 1.97. The van der Waals surface area contributed by atoms with Gasteiger partial charge in [0.05, 0.1) is 12.0 Å². The first-order valence-electron chi connectivity index (χ1n) is 4.07. The lowest BCUT2D eigenvalue weighted by molar-refractivity contribution is 0.416. The summed E-state index contributed by atoms with van der Waals surface area (Å²) < 4.78 is 10.2. The Bertz CT molecular complexity index is 447. The minimum atomic E-state index is 0.437. The van der Waals surface area contributed by atoms with Gasteiger partial charge in [0.1, 0.15) is 5.75 Å². The third-order valence-electron chi connectivity index (χ3n) is 1.99. The molecule has 0 saturated heterocycles. The van der Waals surface area contributed by atoms with Crippen LogP contribution in [0.1, 0.15) is 5.56 Å². The van der Waals surface area contributed by atoms with Crippen LogP contribution in [0.5, 0.6) is 5.75 Å². The highest BCUT2D eigenvalue weighted by Crippen LogP contribution is 2.34. The van der Waals surface area contributed by atoms with Crippen molar-refractivity contribution in [3.8, 4) is 16.4 Å². The van der Waals surface area contributed by atoms with Crippen molar-refractivity contribution in [1.82, 2.24) is 5.16 Å². The molecule has 2 aromatic rings. The van der Waals surface area contributed by atoms with Crippen LogP contribution in [0.15, 0.2) is 16.0 Å². The molecule has 0 amide bonds. The van der Waals surface area contributed by atoms with E-state index in [9.17, 15) is 0 Å². The first-order chi connectivity index (χ1) is 6.72. The lowest BCUT2D eigenvalue weighted by Crippen LogP contribution is -1.85. The number of nitrogens with two attached hydrogens (primary N) is 1. The first kappa shape index (κ1) is 9.08. The van der Waals surface area contributed by atoms with Gasteiger partial charge < -0.3 is 15.0 Å². The predicted octanol–water partition coefficient (Wildman–Crippen LogP) is 2.30. The van der Waals surface area contributed by atoms with E-state index in [4.69, 9.17) is 15.0 Å². The summed E-state index contributed by atoms with van der Waals surface area (Å²) in [6.45, 7) is 1.88. The number of thiophene rings is 1. The monoisotopic (exact) mass is 210 g/mol. The van der Waals surface area contributed by atoms with Crippen molar-refractivity contribution in [2.45, 2.75) is 6.92 Å². The molecule has 2 N–H and O–H groups in total. The average Bonchev–Trinajstić information content (AvgIpc) is 2.75. The number of hydrogen-bond donors (Lipinski definition) is 1. The molecule has 0 aliphatic heterocycles. The summed E-state index contributed by atoms with van der Waals surface area (Å²) >= 11 is 1.54. The van der Waals surface area contributed by atoms with Gasteiger partial charge in [-0.1, -0.05) is 5.16 Å².